The van der Waals surface area contributed by atoms with E-state index < -0.39 is 87.6 Å². The third-order valence-corrected chi connectivity index (χ3v) is 4.02. The molecule has 0 saturated heterocycles. The quantitative estimate of drug-likeness (QED) is 0.110. The Labute approximate surface area is 171 Å². The van der Waals surface area contributed by atoms with Gasteiger partial charge in [-0.25, -0.2) is 9.13 Å². The number of hydrogen-bond donors (Lipinski definition) is 12. The van der Waals surface area contributed by atoms with Gasteiger partial charge >= 0.3 is 23.9 Å². The van der Waals surface area contributed by atoms with Gasteiger partial charge in [0.25, 0.3) is 0 Å². The van der Waals surface area contributed by atoms with E-state index in [9.17, 15) is 9.13 Å². The van der Waals surface area contributed by atoms with E-state index in [0.29, 0.717) is 0 Å². The fraction of sp³-hybridized carbons (Fsp3) is 1.00. The molecule has 0 aromatic carbocycles. The molecule has 0 spiro atoms. The van der Waals surface area contributed by atoms with Crippen molar-refractivity contribution < 1.29 is 82.7 Å². The lowest BCUT2D eigenvalue weighted by Gasteiger charge is -2.26. The first-order valence-electron chi connectivity index (χ1n) is 7.42. The van der Waals surface area contributed by atoms with E-state index in [2.05, 4.69) is 9.05 Å². The van der Waals surface area contributed by atoms with Gasteiger partial charge in [-0.05, 0) is 0 Å². The lowest BCUT2D eigenvalue weighted by molar-refractivity contribution is -0.0325. The molecule has 184 valence electrons. The van der Waals surface area contributed by atoms with Crippen molar-refractivity contribution in [2.24, 2.45) is 10.8 Å². The van der Waals surface area contributed by atoms with Gasteiger partial charge in [0.1, 0.15) is 0 Å². The Hall–Kier alpha value is -0.000000000000000125. The van der Waals surface area contributed by atoms with Crippen molar-refractivity contribution in [3.05, 3.63) is 0 Å². The number of phosphoric ester groups is 2. The summed E-state index contributed by atoms with van der Waals surface area (Å²) in [6.45, 7) is -4.97. The normalized spacial score (nSPS) is 12.4. The molecule has 17 nitrogen and oxygen atoms in total. The van der Waals surface area contributed by atoms with Gasteiger partial charge in [-0.2, -0.15) is 0 Å². The molecule has 0 aliphatic heterocycles. The molecule has 0 radical (unpaired) electrons. The number of hydrogen-bond acceptors (Lipinski definition) is 11. The molecule has 0 atom stereocenters. The van der Waals surface area contributed by atoms with Gasteiger partial charge in [-0.3, -0.25) is 9.05 Å². The zero-order valence-corrected chi connectivity index (χ0v) is 18.1. The third kappa shape index (κ3) is 19.9. The van der Waals surface area contributed by atoms with Crippen LogP contribution in [0.4, 0.5) is 0 Å². The Morgan fingerprint density at radius 3 is 0.867 bits per heavy atom. The van der Waals surface area contributed by atoms with Crippen molar-refractivity contribution in [3.8, 4) is 0 Å². The van der Waals surface area contributed by atoms with E-state index in [0.717, 1.165) is 0 Å². The van der Waals surface area contributed by atoms with Crippen molar-refractivity contribution in [2.45, 2.75) is 0 Å². The number of phosphoric acid groups is 2. The summed E-state index contributed by atoms with van der Waals surface area (Å²) in [6, 6.07) is 0. The van der Waals surface area contributed by atoms with Gasteiger partial charge < -0.3 is 50.2 Å². The summed E-state index contributed by atoms with van der Waals surface area (Å²) in [4.78, 5) is 47.5. The Kier molecular flexibility index (Phi) is 19.2. The molecule has 0 bridgehead atoms. The zero-order valence-electron chi connectivity index (χ0n) is 15.4. The second kappa shape index (κ2) is 16.6. The Balaban J connectivity index is -0.000000412. The minimum Gasteiger partial charge on any atom is -0.396 e. The molecule has 0 aromatic heterocycles. The van der Waals surface area contributed by atoms with Crippen LogP contribution in [0.25, 0.3) is 0 Å². The molecule has 0 amide bonds. The van der Waals surface area contributed by atoms with E-state index in [1.165, 1.54) is 0 Å². The molecule has 0 aliphatic carbocycles. The summed E-state index contributed by atoms with van der Waals surface area (Å²) >= 11 is 0. The molecule has 20 heteroatoms. The van der Waals surface area contributed by atoms with Crippen molar-refractivity contribution in [3.63, 3.8) is 0 Å². The van der Waals surface area contributed by atoms with Crippen molar-refractivity contribution in [1.82, 2.24) is 0 Å². The summed E-state index contributed by atoms with van der Waals surface area (Å²) in [6.07, 6.45) is 0. The maximum atomic E-state index is 10.3. The summed E-state index contributed by atoms with van der Waals surface area (Å²) in [7, 11) is -12.1. The minimum atomic E-state index is -4.64. The van der Waals surface area contributed by atoms with Gasteiger partial charge in [0.05, 0.1) is 63.7 Å². The van der Waals surface area contributed by atoms with Gasteiger partial charge in [-0.1, -0.05) is 0 Å². The van der Waals surface area contributed by atoms with Crippen LogP contribution in [0.5, 0.6) is 0 Å². The van der Waals surface area contributed by atoms with Gasteiger partial charge in [0.15, 0.2) is 0 Å². The molecule has 12 N–H and O–H groups in total. The molecule has 0 fully saturated rings. The van der Waals surface area contributed by atoms with Crippen LogP contribution >= 0.6 is 23.9 Å². The van der Waals surface area contributed by atoms with Crippen LogP contribution < -0.4 is 0 Å². The fourth-order valence-electron chi connectivity index (χ4n) is 1.02. The summed E-state index contributed by atoms with van der Waals surface area (Å²) < 4.78 is 37.3. The van der Waals surface area contributed by atoms with Gasteiger partial charge in [-0.15, -0.1) is 9.79 Å². The molecular weight excluding hydrogens is 485 g/mol. The van der Waals surface area contributed by atoms with Crippen LogP contribution in [-0.4, -0.2) is 113 Å². The molecule has 30 heavy (non-hydrogen) atoms. The van der Waals surface area contributed by atoms with Gasteiger partial charge in [0, 0.05) is 4.57 Å². The van der Waals surface area contributed by atoms with Crippen LogP contribution in [0.2, 0.25) is 0 Å². The molecule has 0 aliphatic rings. The van der Waals surface area contributed by atoms with E-state index in [-0.39, 0.29) is 0 Å². The summed E-state index contributed by atoms with van der Waals surface area (Å²) in [5.41, 5.74) is -2.83. The first-order chi connectivity index (χ1) is 13.5. The molecule has 0 aromatic rings. The highest BCUT2D eigenvalue weighted by atomic mass is 31.2. The smallest absolute Gasteiger partial charge is 0.396 e. The first-order valence-corrected chi connectivity index (χ1v) is 11.6. The highest BCUT2D eigenvalue weighted by Gasteiger charge is 2.32. The molecular formula is C10H28O17P3+. The lowest BCUT2D eigenvalue weighted by Crippen LogP contribution is -2.38. The second-order valence-corrected chi connectivity index (χ2v) is 8.71. The van der Waals surface area contributed by atoms with Crippen LogP contribution in [0.1, 0.15) is 0 Å². The minimum absolute atomic E-state index is 0.610. The Morgan fingerprint density at radius 1 is 0.600 bits per heavy atom. The standard InChI is InChI=1S/2C5H13O7P.HO3P/c2*6-1-5(2-7,3-8)4-12-13(9,10)11;1-4(2)3/h2*6-8H,1-4H2,(H2,9,10,11);(H-,1,2,3)/p+1. The first kappa shape index (κ1) is 34.6. The fourth-order valence-corrected chi connectivity index (χ4v) is 1.90. The lowest BCUT2D eigenvalue weighted by atomic mass is 9.93. The van der Waals surface area contributed by atoms with Crippen LogP contribution in [0.15, 0.2) is 0 Å². The second-order valence-electron chi connectivity index (χ2n) is 5.73. The number of aliphatic hydroxyl groups is 6. The average Bonchev–Trinajstić information content (AvgIpc) is 2.63. The van der Waals surface area contributed by atoms with E-state index in [4.69, 9.17) is 64.6 Å². The summed E-state index contributed by atoms with van der Waals surface area (Å²) in [5, 5.41) is 52.3. The molecule has 0 heterocycles. The van der Waals surface area contributed by atoms with Crippen LogP contribution in [0, 0.1) is 10.8 Å². The number of aliphatic hydroxyl groups excluding tert-OH is 6. The van der Waals surface area contributed by atoms with Crippen LogP contribution in [0.3, 0.4) is 0 Å². The highest BCUT2D eigenvalue weighted by molar-refractivity contribution is 7.46. The molecule has 0 unspecified atom stereocenters. The SMILES string of the molecule is O=P(O)(O)OCC(CO)(CO)CO.O=P(O)(O)OCC(CO)(CO)CO.O=[P+](O)O. The van der Waals surface area contributed by atoms with Crippen molar-refractivity contribution in [1.29, 1.82) is 0 Å². The predicted octanol–water partition coefficient (Wildman–Crippen LogP) is -4.25. The van der Waals surface area contributed by atoms with Crippen molar-refractivity contribution in [2.75, 3.05) is 52.9 Å². The molecule has 0 rings (SSSR count). The largest absolute Gasteiger partial charge is 0.692 e. The summed E-state index contributed by atoms with van der Waals surface area (Å²) in [5.74, 6) is 0. The van der Waals surface area contributed by atoms with E-state index >= 15 is 0 Å². The third-order valence-electron chi connectivity index (χ3n) is 3.09. The van der Waals surface area contributed by atoms with Gasteiger partial charge in [0.2, 0.25) is 0 Å². The predicted molar refractivity (Wildman–Crippen MR) is 95.4 cm³/mol. The highest BCUT2D eigenvalue weighted by Crippen LogP contribution is 2.38. The average molecular weight is 513 g/mol. The topological polar surface area (TPSA) is 312 Å². The van der Waals surface area contributed by atoms with E-state index in [1.807, 2.05) is 0 Å². The van der Waals surface area contributed by atoms with Crippen molar-refractivity contribution >= 4 is 23.9 Å². The molecule has 0 saturated carbocycles. The Morgan fingerprint density at radius 2 is 0.767 bits per heavy atom. The number of rotatable bonds is 12. The monoisotopic (exact) mass is 513 g/mol. The van der Waals surface area contributed by atoms with Crippen LogP contribution in [-0.2, 0) is 22.7 Å². The zero-order chi connectivity index (χ0) is 24.6. The maximum Gasteiger partial charge on any atom is 0.692 e. The maximum absolute atomic E-state index is 10.3. The van der Waals surface area contributed by atoms with E-state index in [1.54, 1.807) is 0 Å². The Bertz CT molecular complexity index is 473.